The van der Waals surface area contributed by atoms with Crippen LogP contribution in [0.25, 0.3) is 10.2 Å². The average molecular weight is 412 g/mol. The molecule has 28 heavy (non-hydrogen) atoms. The molecule has 4 nitrogen and oxygen atoms in total. The highest BCUT2D eigenvalue weighted by molar-refractivity contribution is 7.98. The molecular formula is C22H25N3OS2. The molecule has 2 aliphatic rings. The second kappa shape index (κ2) is 8.01. The molecule has 3 aromatic rings. The van der Waals surface area contributed by atoms with Crippen molar-refractivity contribution in [2.75, 3.05) is 5.32 Å². The van der Waals surface area contributed by atoms with Crippen molar-refractivity contribution in [3.8, 4) is 0 Å². The summed E-state index contributed by atoms with van der Waals surface area (Å²) in [4.78, 5) is 13.8. The van der Waals surface area contributed by atoms with Gasteiger partial charge in [-0.05, 0) is 62.6 Å². The summed E-state index contributed by atoms with van der Waals surface area (Å²) in [6, 6.07) is 10.8. The minimum atomic E-state index is -0.133. The third-order valence-electron chi connectivity index (χ3n) is 5.76. The van der Waals surface area contributed by atoms with Gasteiger partial charge in [0.1, 0.15) is 16.5 Å². The Morgan fingerprint density at radius 3 is 2.71 bits per heavy atom. The third kappa shape index (κ3) is 3.78. The SMILES string of the molecule is OC1CCC(Nc2nc(CSc3ccccc3)nc3sc4c(c23)CCC4)CC1. The lowest BCUT2D eigenvalue weighted by Gasteiger charge is -2.27. The largest absolute Gasteiger partial charge is 0.393 e. The van der Waals surface area contributed by atoms with Crippen molar-refractivity contribution in [2.24, 2.45) is 0 Å². The first kappa shape index (κ1) is 18.4. The minimum absolute atomic E-state index is 0.133. The molecule has 2 aromatic heterocycles. The van der Waals surface area contributed by atoms with Gasteiger partial charge in [0.15, 0.2) is 0 Å². The van der Waals surface area contributed by atoms with E-state index in [1.165, 1.54) is 33.6 Å². The molecule has 1 fully saturated rings. The molecule has 0 spiro atoms. The molecule has 0 bridgehead atoms. The second-order valence-electron chi connectivity index (χ2n) is 7.78. The summed E-state index contributed by atoms with van der Waals surface area (Å²) in [5.41, 5.74) is 1.47. The van der Waals surface area contributed by atoms with Crippen molar-refractivity contribution in [1.82, 2.24) is 9.97 Å². The van der Waals surface area contributed by atoms with Crippen LogP contribution in [0.2, 0.25) is 0 Å². The van der Waals surface area contributed by atoms with E-state index in [1.807, 2.05) is 17.4 Å². The lowest BCUT2D eigenvalue weighted by molar-refractivity contribution is 0.126. The van der Waals surface area contributed by atoms with Crippen molar-refractivity contribution in [3.63, 3.8) is 0 Å². The summed E-state index contributed by atoms with van der Waals surface area (Å²) in [6.45, 7) is 0. The Labute approximate surface area is 173 Å². The van der Waals surface area contributed by atoms with E-state index >= 15 is 0 Å². The fourth-order valence-corrected chi connectivity index (χ4v) is 6.34. The Morgan fingerprint density at radius 2 is 1.89 bits per heavy atom. The summed E-state index contributed by atoms with van der Waals surface area (Å²) in [7, 11) is 0. The van der Waals surface area contributed by atoms with Gasteiger partial charge in [-0.15, -0.1) is 23.1 Å². The molecule has 2 aliphatic carbocycles. The van der Waals surface area contributed by atoms with E-state index in [1.54, 1.807) is 11.8 Å². The molecule has 2 heterocycles. The molecule has 0 saturated heterocycles. The maximum Gasteiger partial charge on any atom is 0.142 e. The lowest BCUT2D eigenvalue weighted by Crippen LogP contribution is -2.28. The Kier molecular flexibility index (Phi) is 5.26. The van der Waals surface area contributed by atoms with Gasteiger partial charge < -0.3 is 10.4 Å². The molecule has 0 amide bonds. The van der Waals surface area contributed by atoms with E-state index < -0.39 is 0 Å². The number of aryl methyl sites for hydroxylation is 2. The Balaban J connectivity index is 1.45. The molecule has 146 valence electrons. The van der Waals surface area contributed by atoms with Crippen LogP contribution in [0.5, 0.6) is 0 Å². The van der Waals surface area contributed by atoms with E-state index in [0.29, 0.717) is 6.04 Å². The van der Waals surface area contributed by atoms with Crippen LogP contribution in [0.15, 0.2) is 35.2 Å². The van der Waals surface area contributed by atoms with Crippen molar-refractivity contribution < 1.29 is 5.11 Å². The molecule has 0 unspecified atom stereocenters. The number of aliphatic hydroxyl groups is 1. The number of aliphatic hydroxyl groups excluding tert-OH is 1. The summed E-state index contributed by atoms with van der Waals surface area (Å²) in [5, 5.41) is 14.8. The number of anilines is 1. The number of thiophene rings is 1. The predicted molar refractivity (Wildman–Crippen MR) is 117 cm³/mol. The minimum Gasteiger partial charge on any atom is -0.393 e. The summed E-state index contributed by atoms with van der Waals surface area (Å²) in [5.74, 6) is 2.70. The smallest absolute Gasteiger partial charge is 0.142 e. The molecule has 1 aromatic carbocycles. The number of nitrogens with zero attached hydrogens (tertiary/aromatic N) is 2. The van der Waals surface area contributed by atoms with Gasteiger partial charge in [0.05, 0.1) is 17.2 Å². The standard InChI is InChI=1S/C22H25N3OS2/c26-15-11-9-14(10-12-15)23-21-20-17-7-4-8-18(17)28-22(20)25-19(24-21)13-27-16-5-2-1-3-6-16/h1-3,5-6,14-15,26H,4,7-13H2,(H,23,24,25). The van der Waals surface area contributed by atoms with Crippen molar-refractivity contribution in [2.45, 2.75) is 67.7 Å². The van der Waals surface area contributed by atoms with Crippen LogP contribution in [0.1, 0.15) is 48.4 Å². The van der Waals surface area contributed by atoms with E-state index in [-0.39, 0.29) is 6.10 Å². The third-order valence-corrected chi connectivity index (χ3v) is 7.95. The number of hydrogen-bond donors (Lipinski definition) is 2. The first-order valence-electron chi connectivity index (χ1n) is 10.2. The number of hydrogen-bond acceptors (Lipinski definition) is 6. The van der Waals surface area contributed by atoms with Crippen LogP contribution in [-0.4, -0.2) is 27.2 Å². The van der Waals surface area contributed by atoms with Crippen LogP contribution in [0, 0.1) is 0 Å². The summed E-state index contributed by atoms with van der Waals surface area (Å²) >= 11 is 3.65. The molecular weight excluding hydrogens is 386 g/mol. The van der Waals surface area contributed by atoms with Gasteiger partial charge in [-0.3, -0.25) is 0 Å². The fourth-order valence-electron chi connectivity index (χ4n) is 4.29. The van der Waals surface area contributed by atoms with Crippen LogP contribution in [0.3, 0.4) is 0 Å². The highest BCUT2D eigenvalue weighted by atomic mass is 32.2. The van der Waals surface area contributed by atoms with Crippen molar-refractivity contribution >= 4 is 39.1 Å². The fraction of sp³-hybridized carbons (Fsp3) is 0.455. The highest BCUT2D eigenvalue weighted by Gasteiger charge is 2.25. The number of fused-ring (bicyclic) bond motifs is 3. The lowest BCUT2D eigenvalue weighted by atomic mass is 9.93. The molecule has 1 saturated carbocycles. The number of thioether (sulfide) groups is 1. The first-order chi connectivity index (χ1) is 13.8. The Hall–Kier alpha value is -1.63. The zero-order valence-corrected chi connectivity index (χ0v) is 17.5. The van der Waals surface area contributed by atoms with E-state index in [4.69, 9.17) is 9.97 Å². The van der Waals surface area contributed by atoms with Crippen molar-refractivity contribution in [3.05, 3.63) is 46.6 Å². The maximum absolute atomic E-state index is 9.83. The summed E-state index contributed by atoms with van der Waals surface area (Å²) < 4.78 is 0. The Morgan fingerprint density at radius 1 is 1.07 bits per heavy atom. The monoisotopic (exact) mass is 411 g/mol. The van der Waals surface area contributed by atoms with Gasteiger partial charge >= 0.3 is 0 Å². The van der Waals surface area contributed by atoms with Gasteiger partial charge in [-0.1, -0.05) is 18.2 Å². The number of aromatic nitrogens is 2. The van der Waals surface area contributed by atoms with E-state index in [0.717, 1.165) is 54.3 Å². The van der Waals surface area contributed by atoms with E-state index in [2.05, 4.69) is 29.6 Å². The Bertz CT molecular complexity index is 965. The highest BCUT2D eigenvalue weighted by Crippen LogP contribution is 2.40. The van der Waals surface area contributed by atoms with Gasteiger partial charge in [0.2, 0.25) is 0 Å². The quantitative estimate of drug-likeness (QED) is 0.566. The van der Waals surface area contributed by atoms with Crippen LogP contribution < -0.4 is 5.32 Å². The topological polar surface area (TPSA) is 58.0 Å². The second-order valence-corrected chi connectivity index (χ2v) is 9.91. The molecule has 6 heteroatoms. The van der Waals surface area contributed by atoms with Gasteiger partial charge in [0.25, 0.3) is 0 Å². The zero-order valence-electron chi connectivity index (χ0n) is 15.9. The molecule has 0 aliphatic heterocycles. The van der Waals surface area contributed by atoms with Crippen LogP contribution in [0.4, 0.5) is 5.82 Å². The zero-order chi connectivity index (χ0) is 18.9. The molecule has 0 radical (unpaired) electrons. The molecule has 0 atom stereocenters. The average Bonchev–Trinajstić information content (AvgIpc) is 3.30. The molecule has 2 N–H and O–H groups in total. The van der Waals surface area contributed by atoms with Gasteiger partial charge in [-0.2, -0.15) is 0 Å². The maximum atomic E-state index is 9.83. The first-order valence-corrected chi connectivity index (χ1v) is 12.0. The molecule has 5 rings (SSSR count). The van der Waals surface area contributed by atoms with Crippen molar-refractivity contribution in [1.29, 1.82) is 0 Å². The van der Waals surface area contributed by atoms with Crippen LogP contribution in [-0.2, 0) is 18.6 Å². The summed E-state index contributed by atoms with van der Waals surface area (Å²) in [6.07, 6.45) is 7.22. The van der Waals surface area contributed by atoms with Gasteiger partial charge in [0, 0.05) is 15.8 Å². The van der Waals surface area contributed by atoms with E-state index in [9.17, 15) is 5.11 Å². The van der Waals surface area contributed by atoms with Crippen LogP contribution >= 0.6 is 23.1 Å². The van der Waals surface area contributed by atoms with Gasteiger partial charge in [-0.25, -0.2) is 9.97 Å². The normalized spacial score (nSPS) is 21.8. The number of nitrogens with one attached hydrogen (secondary N) is 1. The predicted octanol–water partition coefficient (Wildman–Crippen LogP) is 5.19. The number of benzene rings is 1. The number of rotatable bonds is 5.